The lowest BCUT2D eigenvalue weighted by Gasteiger charge is -2.14. The first kappa shape index (κ1) is 13.9. The van der Waals surface area contributed by atoms with E-state index < -0.39 is 9.05 Å². The molecule has 0 aliphatic carbocycles. The Hall–Kier alpha value is -0.480. The van der Waals surface area contributed by atoms with Crippen molar-refractivity contribution in [1.29, 1.82) is 0 Å². The summed E-state index contributed by atoms with van der Waals surface area (Å²) >= 11 is 2.01. The van der Waals surface area contributed by atoms with Gasteiger partial charge in [0, 0.05) is 29.6 Å². The van der Waals surface area contributed by atoms with Gasteiger partial charge in [-0.15, -0.1) is 0 Å². The van der Waals surface area contributed by atoms with Gasteiger partial charge in [0.05, 0.1) is 18.1 Å². The van der Waals surface area contributed by atoms with E-state index in [0.717, 1.165) is 3.70 Å². The zero-order valence-electron chi connectivity index (χ0n) is 9.08. The molecule has 18 heavy (non-hydrogen) atoms. The molecule has 2 heterocycles. The fourth-order valence-corrected chi connectivity index (χ4v) is 3.44. The van der Waals surface area contributed by atoms with E-state index in [1.165, 1.54) is 11.1 Å². The van der Waals surface area contributed by atoms with Crippen molar-refractivity contribution in [3.8, 4) is 0 Å². The third-order valence-corrected chi connectivity index (χ3v) is 4.33. The van der Waals surface area contributed by atoms with Gasteiger partial charge < -0.3 is 0 Å². The van der Waals surface area contributed by atoms with E-state index in [1.54, 1.807) is 6.20 Å². The van der Waals surface area contributed by atoms with Crippen LogP contribution in [0.25, 0.3) is 0 Å². The molecular formula is C9H9ClIN3O3S. The molecule has 1 saturated heterocycles. The Balaban J connectivity index is 2.12. The summed E-state index contributed by atoms with van der Waals surface area (Å²) in [5.74, 6) is -0.207. The maximum atomic E-state index is 11.8. The number of carbonyl (C=O) groups is 1. The summed E-state index contributed by atoms with van der Waals surface area (Å²) in [5.41, 5.74) is 0. The Kier molecular flexibility index (Phi) is 4.07. The third kappa shape index (κ3) is 3.51. The van der Waals surface area contributed by atoms with Crippen molar-refractivity contribution < 1.29 is 13.2 Å². The minimum absolute atomic E-state index is 0.157. The van der Waals surface area contributed by atoms with Gasteiger partial charge in [-0.05, 0) is 22.6 Å². The van der Waals surface area contributed by atoms with Crippen LogP contribution in [0, 0.1) is 9.62 Å². The van der Waals surface area contributed by atoms with Gasteiger partial charge in [0.1, 0.15) is 3.70 Å². The zero-order valence-corrected chi connectivity index (χ0v) is 12.8. The van der Waals surface area contributed by atoms with Crippen molar-refractivity contribution in [3.05, 3.63) is 16.1 Å². The second-order valence-corrected chi connectivity index (χ2v) is 7.90. The summed E-state index contributed by atoms with van der Waals surface area (Å²) in [6.07, 6.45) is 3.21. The van der Waals surface area contributed by atoms with Crippen LogP contribution in [0.1, 0.15) is 6.42 Å². The molecule has 1 aromatic rings. The van der Waals surface area contributed by atoms with Crippen LogP contribution in [-0.4, -0.2) is 36.6 Å². The monoisotopic (exact) mass is 401 g/mol. The van der Waals surface area contributed by atoms with Gasteiger partial charge in [-0.2, -0.15) is 0 Å². The fourth-order valence-electron chi connectivity index (χ4n) is 1.84. The molecule has 0 bridgehead atoms. The van der Waals surface area contributed by atoms with Crippen molar-refractivity contribution in [3.63, 3.8) is 0 Å². The van der Waals surface area contributed by atoms with Crippen LogP contribution in [0.2, 0.25) is 0 Å². The van der Waals surface area contributed by atoms with E-state index in [1.807, 2.05) is 22.6 Å². The molecule has 1 unspecified atom stereocenters. The van der Waals surface area contributed by atoms with E-state index in [-0.39, 0.29) is 24.0 Å². The number of aromatic nitrogens is 2. The topological polar surface area (TPSA) is 80.2 Å². The maximum Gasteiger partial charge on any atom is 0.232 e. The van der Waals surface area contributed by atoms with Gasteiger partial charge >= 0.3 is 0 Å². The number of nitrogens with zero attached hydrogens (tertiary/aromatic N) is 3. The number of hydrogen-bond acceptors (Lipinski definition) is 5. The lowest BCUT2D eigenvalue weighted by atomic mass is 10.1. The molecule has 0 radical (unpaired) electrons. The molecule has 0 aromatic carbocycles. The predicted octanol–water partition coefficient (Wildman–Crippen LogP) is 1.00. The van der Waals surface area contributed by atoms with Gasteiger partial charge in [0.2, 0.25) is 15.0 Å². The van der Waals surface area contributed by atoms with Crippen molar-refractivity contribution >= 4 is 54.0 Å². The Labute approximate surface area is 122 Å². The smallest absolute Gasteiger partial charge is 0.232 e. The molecule has 0 N–H and O–H groups in total. The van der Waals surface area contributed by atoms with E-state index in [4.69, 9.17) is 10.7 Å². The van der Waals surface area contributed by atoms with Gasteiger partial charge in [-0.25, -0.2) is 18.4 Å². The number of amides is 1. The summed E-state index contributed by atoms with van der Waals surface area (Å²) in [5, 5.41) is 0. The number of hydrogen-bond donors (Lipinski definition) is 0. The summed E-state index contributed by atoms with van der Waals surface area (Å²) in [4.78, 5) is 21.4. The normalized spacial score (nSPS) is 20.4. The number of carbonyl (C=O) groups excluding carboxylic acids is 1. The summed E-state index contributed by atoms with van der Waals surface area (Å²) in [6.45, 7) is 0.306. The minimum Gasteiger partial charge on any atom is -0.295 e. The third-order valence-electron chi connectivity index (χ3n) is 2.52. The predicted molar refractivity (Wildman–Crippen MR) is 74.8 cm³/mol. The van der Waals surface area contributed by atoms with E-state index >= 15 is 0 Å². The molecule has 1 aliphatic rings. The highest BCUT2D eigenvalue weighted by molar-refractivity contribution is 14.1. The first-order valence-corrected chi connectivity index (χ1v) is 8.61. The molecule has 9 heteroatoms. The summed E-state index contributed by atoms with van der Waals surface area (Å²) in [6, 6.07) is 0. The Morgan fingerprint density at radius 1 is 1.44 bits per heavy atom. The lowest BCUT2D eigenvalue weighted by Crippen LogP contribution is -2.26. The highest BCUT2D eigenvalue weighted by atomic mass is 127. The molecule has 1 aliphatic heterocycles. The molecule has 1 atom stereocenters. The standard InChI is InChI=1S/C9H9ClIN3O3S/c10-18(16,17)5-6-1-9(15)14(4-6)8-3-12-7(11)2-13-8/h2-3,6H,1,4-5H2. The second-order valence-electron chi connectivity index (χ2n) is 3.98. The van der Waals surface area contributed by atoms with Crippen LogP contribution in [0.4, 0.5) is 5.82 Å². The Bertz CT molecular complexity index is 563. The molecular weight excluding hydrogens is 393 g/mol. The average molecular weight is 402 g/mol. The maximum absolute atomic E-state index is 11.8. The zero-order chi connectivity index (χ0) is 13.3. The largest absolute Gasteiger partial charge is 0.295 e. The quantitative estimate of drug-likeness (QED) is 0.558. The van der Waals surface area contributed by atoms with Crippen LogP contribution in [0.3, 0.4) is 0 Å². The van der Waals surface area contributed by atoms with Crippen LogP contribution in [-0.2, 0) is 13.8 Å². The van der Waals surface area contributed by atoms with E-state index in [0.29, 0.717) is 12.4 Å². The molecule has 1 aromatic heterocycles. The van der Waals surface area contributed by atoms with E-state index in [9.17, 15) is 13.2 Å². The molecule has 2 rings (SSSR count). The van der Waals surface area contributed by atoms with Crippen LogP contribution < -0.4 is 4.90 Å². The van der Waals surface area contributed by atoms with Crippen molar-refractivity contribution in [2.45, 2.75) is 6.42 Å². The summed E-state index contributed by atoms with van der Waals surface area (Å²) in [7, 11) is 1.60. The average Bonchev–Trinajstić information content (AvgIpc) is 2.58. The van der Waals surface area contributed by atoms with Crippen LogP contribution in [0.15, 0.2) is 12.4 Å². The van der Waals surface area contributed by atoms with Crippen molar-refractivity contribution in [2.24, 2.45) is 5.92 Å². The van der Waals surface area contributed by atoms with Crippen molar-refractivity contribution in [1.82, 2.24) is 9.97 Å². The molecule has 1 amide bonds. The fraction of sp³-hybridized carbons (Fsp3) is 0.444. The van der Waals surface area contributed by atoms with Gasteiger partial charge in [0.25, 0.3) is 0 Å². The molecule has 0 saturated carbocycles. The Morgan fingerprint density at radius 3 is 2.72 bits per heavy atom. The van der Waals surface area contributed by atoms with Crippen LogP contribution >= 0.6 is 33.3 Å². The van der Waals surface area contributed by atoms with Crippen molar-refractivity contribution in [2.75, 3.05) is 17.2 Å². The second kappa shape index (κ2) is 5.25. The van der Waals surface area contributed by atoms with Gasteiger partial charge in [-0.1, -0.05) is 0 Å². The first-order chi connectivity index (χ1) is 8.35. The van der Waals surface area contributed by atoms with Crippen LogP contribution in [0.5, 0.6) is 0 Å². The van der Waals surface area contributed by atoms with Gasteiger partial charge in [0.15, 0.2) is 5.82 Å². The number of anilines is 1. The number of rotatable bonds is 3. The highest BCUT2D eigenvalue weighted by Gasteiger charge is 2.33. The summed E-state index contributed by atoms with van der Waals surface area (Å²) < 4.78 is 22.7. The molecule has 0 spiro atoms. The minimum atomic E-state index is -3.59. The SMILES string of the molecule is O=C1CC(CS(=O)(=O)Cl)CN1c1cnc(I)cn1. The molecule has 6 nitrogen and oxygen atoms in total. The lowest BCUT2D eigenvalue weighted by molar-refractivity contribution is -0.117. The number of halogens is 2. The molecule has 98 valence electrons. The van der Waals surface area contributed by atoms with Gasteiger partial charge in [-0.3, -0.25) is 9.69 Å². The van der Waals surface area contributed by atoms with E-state index in [2.05, 4.69) is 9.97 Å². The first-order valence-electron chi connectivity index (χ1n) is 5.05. The highest BCUT2D eigenvalue weighted by Crippen LogP contribution is 2.24. The Morgan fingerprint density at radius 2 is 2.17 bits per heavy atom. The molecule has 1 fully saturated rings.